The Bertz CT molecular complexity index is 851. The molecule has 0 unspecified atom stereocenters. The zero-order valence-corrected chi connectivity index (χ0v) is 19.6. The number of piperidine rings is 2. The molecule has 33 heavy (non-hydrogen) atoms. The molecule has 3 heterocycles. The van der Waals surface area contributed by atoms with Crippen molar-refractivity contribution < 1.29 is 28.2 Å². The number of benzene rings is 1. The molecule has 2 saturated heterocycles. The van der Waals surface area contributed by atoms with Gasteiger partial charge in [-0.15, -0.1) is 0 Å². The highest BCUT2D eigenvalue weighted by Crippen LogP contribution is 2.48. The van der Waals surface area contributed by atoms with Crippen molar-refractivity contribution in [1.29, 1.82) is 0 Å². The number of anilines is 1. The van der Waals surface area contributed by atoms with Crippen LogP contribution in [0.4, 0.5) is 19.7 Å². The monoisotopic (exact) mass is 463 g/mol. The van der Waals surface area contributed by atoms with Crippen molar-refractivity contribution in [1.82, 2.24) is 9.80 Å². The number of nitrogens with zero attached hydrogens (tertiary/aromatic N) is 3. The first-order chi connectivity index (χ1) is 16.0. The first-order valence-electron chi connectivity index (χ1n) is 11.9. The van der Waals surface area contributed by atoms with Crippen LogP contribution in [0.3, 0.4) is 0 Å². The molecular weight excluding hydrogens is 429 g/mol. The van der Waals surface area contributed by atoms with Gasteiger partial charge in [0.05, 0.1) is 18.9 Å². The summed E-state index contributed by atoms with van der Waals surface area (Å²) in [5.74, 6) is -0.281. The Morgan fingerprint density at radius 2 is 1.79 bits per heavy atom. The summed E-state index contributed by atoms with van der Waals surface area (Å²) in [5.41, 5.74) is 1.39. The van der Waals surface area contributed by atoms with Crippen molar-refractivity contribution in [3.8, 4) is 0 Å². The molecule has 0 aliphatic carbocycles. The number of carbonyl (C=O) groups excluding carboxylic acids is 2. The van der Waals surface area contributed by atoms with Crippen LogP contribution in [0.1, 0.15) is 38.2 Å². The van der Waals surface area contributed by atoms with Gasteiger partial charge in [0, 0.05) is 38.2 Å². The number of fused-ring (bicyclic) bond motifs is 2. The van der Waals surface area contributed by atoms with E-state index in [9.17, 15) is 14.0 Å². The fourth-order valence-corrected chi connectivity index (χ4v) is 5.47. The lowest BCUT2D eigenvalue weighted by Gasteiger charge is -2.45. The molecule has 4 rings (SSSR count). The Hall–Kier alpha value is -2.39. The van der Waals surface area contributed by atoms with Crippen molar-refractivity contribution >= 4 is 17.9 Å². The Labute approximate surface area is 194 Å². The van der Waals surface area contributed by atoms with Gasteiger partial charge in [0.1, 0.15) is 12.4 Å². The smallest absolute Gasteiger partial charge is 0.414 e. The van der Waals surface area contributed by atoms with E-state index in [4.69, 9.17) is 14.2 Å². The molecule has 9 heteroatoms. The molecule has 0 radical (unpaired) electrons. The molecule has 3 aliphatic heterocycles. The van der Waals surface area contributed by atoms with Crippen molar-refractivity contribution in [2.45, 2.75) is 44.1 Å². The van der Waals surface area contributed by atoms with Gasteiger partial charge in [-0.2, -0.15) is 0 Å². The molecule has 1 aromatic carbocycles. The van der Waals surface area contributed by atoms with Gasteiger partial charge >= 0.3 is 12.2 Å². The molecule has 2 amide bonds. The van der Waals surface area contributed by atoms with E-state index in [0.29, 0.717) is 38.9 Å². The van der Waals surface area contributed by atoms with Gasteiger partial charge in [-0.05, 0) is 69.5 Å². The first-order valence-corrected chi connectivity index (χ1v) is 11.9. The number of hydrogen-bond acceptors (Lipinski definition) is 6. The summed E-state index contributed by atoms with van der Waals surface area (Å²) in [4.78, 5) is 30.6. The average molecular weight is 464 g/mol. The SMILES string of the molecule is CCOC(=O)N1CCC(N2CCC3(CC2)CN(C(=O)OCCOC)c2ccc(F)cc23)CC1. The lowest BCUT2D eigenvalue weighted by atomic mass is 9.74. The van der Waals surface area contributed by atoms with E-state index in [2.05, 4.69) is 4.90 Å². The van der Waals surface area contributed by atoms with Crippen molar-refractivity contribution in [2.24, 2.45) is 0 Å². The summed E-state index contributed by atoms with van der Waals surface area (Å²) >= 11 is 0. The number of methoxy groups -OCH3 is 1. The highest BCUT2D eigenvalue weighted by Gasteiger charge is 2.47. The van der Waals surface area contributed by atoms with Crippen molar-refractivity contribution in [3.05, 3.63) is 29.6 Å². The standard InChI is InChI=1S/C24H34FN3O5/c1-3-32-22(29)27-10-6-19(7-11-27)26-12-8-24(9-13-26)17-28(23(30)33-15-14-31-2)21-5-4-18(25)16-20(21)24/h4-5,16,19H,3,6-15,17H2,1-2H3. The summed E-state index contributed by atoms with van der Waals surface area (Å²) in [6.07, 6.45) is 2.91. The molecule has 0 saturated carbocycles. The van der Waals surface area contributed by atoms with E-state index >= 15 is 0 Å². The van der Waals surface area contributed by atoms with E-state index in [1.807, 2.05) is 6.92 Å². The van der Waals surface area contributed by atoms with Crippen LogP contribution in [0.2, 0.25) is 0 Å². The van der Waals surface area contributed by atoms with Crippen LogP contribution in [0.15, 0.2) is 18.2 Å². The third kappa shape index (κ3) is 4.94. The van der Waals surface area contributed by atoms with Gasteiger partial charge in [0.2, 0.25) is 0 Å². The number of halogens is 1. The van der Waals surface area contributed by atoms with E-state index < -0.39 is 6.09 Å². The van der Waals surface area contributed by atoms with Gasteiger partial charge in [0.15, 0.2) is 0 Å². The quantitative estimate of drug-likeness (QED) is 0.624. The minimum absolute atomic E-state index is 0.188. The fraction of sp³-hybridized carbons (Fsp3) is 0.667. The largest absolute Gasteiger partial charge is 0.450 e. The number of ether oxygens (including phenoxy) is 3. The number of likely N-dealkylation sites (tertiary alicyclic amines) is 2. The Balaban J connectivity index is 1.40. The van der Waals surface area contributed by atoms with Crippen molar-refractivity contribution in [3.63, 3.8) is 0 Å². The molecule has 0 N–H and O–H groups in total. The molecule has 0 bridgehead atoms. The Morgan fingerprint density at radius 1 is 1.06 bits per heavy atom. The normalized spacial score (nSPS) is 20.7. The maximum atomic E-state index is 14.2. The highest BCUT2D eigenvalue weighted by molar-refractivity contribution is 5.91. The van der Waals surface area contributed by atoms with Crippen LogP contribution < -0.4 is 4.90 Å². The topological polar surface area (TPSA) is 71.6 Å². The Morgan fingerprint density at radius 3 is 2.45 bits per heavy atom. The summed E-state index contributed by atoms with van der Waals surface area (Å²) in [6.45, 7) is 6.43. The van der Waals surface area contributed by atoms with E-state index in [0.717, 1.165) is 50.0 Å². The molecule has 0 atom stereocenters. The third-order valence-electron chi connectivity index (χ3n) is 7.28. The average Bonchev–Trinajstić information content (AvgIpc) is 3.13. The maximum Gasteiger partial charge on any atom is 0.414 e. The van der Waals surface area contributed by atoms with Crippen LogP contribution in [0.5, 0.6) is 0 Å². The van der Waals surface area contributed by atoms with Crippen LogP contribution in [-0.4, -0.2) is 87.7 Å². The summed E-state index contributed by atoms with van der Waals surface area (Å²) in [6, 6.07) is 5.11. The zero-order valence-electron chi connectivity index (χ0n) is 19.6. The second-order valence-corrected chi connectivity index (χ2v) is 9.09. The van der Waals surface area contributed by atoms with Gasteiger partial charge < -0.3 is 24.0 Å². The van der Waals surface area contributed by atoms with Crippen LogP contribution in [0.25, 0.3) is 0 Å². The van der Waals surface area contributed by atoms with Crippen LogP contribution >= 0.6 is 0 Å². The lowest BCUT2D eigenvalue weighted by Crippen LogP contribution is -2.52. The van der Waals surface area contributed by atoms with Gasteiger partial charge in [-0.1, -0.05) is 0 Å². The molecule has 0 aromatic heterocycles. The lowest BCUT2D eigenvalue weighted by molar-refractivity contribution is 0.0575. The number of rotatable bonds is 5. The van der Waals surface area contributed by atoms with Gasteiger partial charge in [0.25, 0.3) is 0 Å². The predicted octanol–water partition coefficient (Wildman–Crippen LogP) is 3.38. The first kappa shape index (κ1) is 23.8. The second-order valence-electron chi connectivity index (χ2n) is 9.09. The third-order valence-corrected chi connectivity index (χ3v) is 7.28. The van der Waals surface area contributed by atoms with Crippen LogP contribution in [0, 0.1) is 5.82 Å². The summed E-state index contributed by atoms with van der Waals surface area (Å²) in [5, 5.41) is 0. The van der Waals surface area contributed by atoms with Crippen LogP contribution in [-0.2, 0) is 19.6 Å². The molecule has 1 spiro atoms. The number of amides is 2. The predicted molar refractivity (Wildman–Crippen MR) is 121 cm³/mol. The molecule has 2 fully saturated rings. The minimum atomic E-state index is -0.412. The molecular formula is C24H34FN3O5. The number of hydrogen-bond donors (Lipinski definition) is 0. The summed E-state index contributed by atoms with van der Waals surface area (Å²) < 4.78 is 29.7. The zero-order chi connectivity index (χ0) is 23.4. The van der Waals surface area contributed by atoms with E-state index in [1.165, 1.54) is 6.07 Å². The van der Waals surface area contributed by atoms with E-state index in [-0.39, 0.29) is 23.9 Å². The summed E-state index contributed by atoms with van der Waals surface area (Å²) in [7, 11) is 1.56. The van der Waals surface area contributed by atoms with Crippen molar-refractivity contribution in [2.75, 3.05) is 64.6 Å². The molecule has 8 nitrogen and oxygen atoms in total. The Kier molecular flexibility index (Phi) is 7.38. The minimum Gasteiger partial charge on any atom is -0.450 e. The van der Waals surface area contributed by atoms with Gasteiger partial charge in [-0.25, -0.2) is 14.0 Å². The second kappa shape index (κ2) is 10.3. The fourth-order valence-electron chi connectivity index (χ4n) is 5.47. The molecule has 3 aliphatic rings. The number of carbonyl (C=O) groups is 2. The van der Waals surface area contributed by atoms with Gasteiger partial charge in [-0.3, -0.25) is 4.90 Å². The highest BCUT2D eigenvalue weighted by atomic mass is 19.1. The van der Waals surface area contributed by atoms with E-state index in [1.54, 1.807) is 29.0 Å². The molecule has 1 aromatic rings. The maximum absolute atomic E-state index is 14.2. The molecule has 182 valence electrons.